The zero-order valence-electron chi connectivity index (χ0n) is 16.9. The van der Waals surface area contributed by atoms with Gasteiger partial charge in [0.2, 0.25) is 5.95 Å². The van der Waals surface area contributed by atoms with Crippen molar-refractivity contribution in [2.75, 3.05) is 25.1 Å². The van der Waals surface area contributed by atoms with Crippen LogP contribution in [0.15, 0.2) is 36.7 Å². The highest BCUT2D eigenvalue weighted by atomic mass is 19.4. The molecule has 1 amide bonds. The average molecular weight is 424 g/mol. The van der Waals surface area contributed by atoms with E-state index < -0.39 is 23.4 Å². The third kappa shape index (κ3) is 5.59. The Labute approximate surface area is 172 Å². The Balaban J connectivity index is 1.70. The van der Waals surface area contributed by atoms with E-state index in [-0.39, 0.29) is 12.0 Å². The summed E-state index contributed by atoms with van der Waals surface area (Å²) < 4.78 is 48.8. The largest absolute Gasteiger partial charge is 0.444 e. The molecule has 1 aromatic carbocycles. The Kier molecular flexibility index (Phi) is 6.16. The third-order valence-electron chi connectivity index (χ3n) is 4.29. The van der Waals surface area contributed by atoms with Gasteiger partial charge in [-0.05, 0) is 38.5 Å². The van der Waals surface area contributed by atoms with Crippen LogP contribution in [0.5, 0.6) is 0 Å². The summed E-state index contributed by atoms with van der Waals surface area (Å²) in [6.45, 7) is 6.62. The van der Waals surface area contributed by atoms with E-state index >= 15 is 0 Å². The Bertz CT molecular complexity index is 865. The molecule has 0 bridgehead atoms. The minimum absolute atomic E-state index is 0.0483. The number of halogens is 3. The first kappa shape index (κ1) is 21.8. The number of alkyl halides is 3. The first-order valence-electron chi connectivity index (χ1n) is 9.36. The molecular formula is C20H23F3N4O3. The second-order valence-electron chi connectivity index (χ2n) is 7.80. The maximum atomic E-state index is 12.6. The van der Waals surface area contributed by atoms with Crippen LogP contribution in [-0.2, 0) is 15.7 Å². The van der Waals surface area contributed by atoms with Crippen LogP contribution >= 0.6 is 0 Å². The average Bonchev–Trinajstić information content (AvgIpc) is 2.67. The quantitative estimate of drug-likeness (QED) is 0.779. The van der Waals surface area contributed by atoms with Gasteiger partial charge in [0, 0.05) is 24.6 Å². The fourth-order valence-electron chi connectivity index (χ4n) is 2.88. The normalized spacial score (nSPS) is 17.5. The SMILES string of the molecule is CC(C)(C)OC(=O)N1CCOC[C@@H]1c1ccc(Nc2ncc(C(F)(F)F)cn2)cc1. The number of carbonyl (C=O) groups excluding carboxylic acids is 1. The van der Waals surface area contributed by atoms with Gasteiger partial charge in [0.1, 0.15) is 5.60 Å². The summed E-state index contributed by atoms with van der Waals surface area (Å²) >= 11 is 0. The molecule has 0 unspecified atom stereocenters. The Morgan fingerprint density at radius 3 is 2.37 bits per heavy atom. The molecule has 2 aromatic rings. The van der Waals surface area contributed by atoms with Crippen LogP contribution in [-0.4, -0.2) is 46.3 Å². The third-order valence-corrected chi connectivity index (χ3v) is 4.29. The molecule has 0 saturated carbocycles. The van der Waals surface area contributed by atoms with Crippen LogP contribution in [0.2, 0.25) is 0 Å². The summed E-state index contributed by atoms with van der Waals surface area (Å²) in [7, 11) is 0. The highest BCUT2D eigenvalue weighted by Crippen LogP contribution is 2.29. The predicted molar refractivity (Wildman–Crippen MR) is 103 cm³/mol. The highest BCUT2D eigenvalue weighted by Gasteiger charge is 2.32. The highest BCUT2D eigenvalue weighted by molar-refractivity contribution is 5.69. The topological polar surface area (TPSA) is 76.6 Å². The molecule has 1 aliphatic rings. The number of rotatable bonds is 3. The predicted octanol–water partition coefficient (Wildman–Crippen LogP) is 4.55. The van der Waals surface area contributed by atoms with E-state index in [0.717, 1.165) is 18.0 Å². The fraction of sp³-hybridized carbons (Fsp3) is 0.450. The molecule has 7 nitrogen and oxygen atoms in total. The smallest absolute Gasteiger partial charge is 0.419 e. The number of anilines is 2. The maximum Gasteiger partial charge on any atom is 0.419 e. The van der Waals surface area contributed by atoms with Gasteiger partial charge >= 0.3 is 12.3 Å². The van der Waals surface area contributed by atoms with Crippen molar-refractivity contribution in [3.63, 3.8) is 0 Å². The second kappa shape index (κ2) is 8.47. The Hall–Kier alpha value is -2.88. The first-order valence-corrected chi connectivity index (χ1v) is 9.36. The van der Waals surface area contributed by atoms with E-state index in [4.69, 9.17) is 9.47 Å². The molecule has 0 radical (unpaired) electrons. The Morgan fingerprint density at radius 2 is 1.80 bits per heavy atom. The zero-order valence-corrected chi connectivity index (χ0v) is 16.9. The lowest BCUT2D eigenvalue weighted by Crippen LogP contribution is -2.45. The van der Waals surface area contributed by atoms with Crippen LogP contribution < -0.4 is 5.32 Å². The molecule has 0 aliphatic carbocycles. The molecule has 0 spiro atoms. The number of hydrogen-bond donors (Lipinski definition) is 1. The zero-order chi connectivity index (χ0) is 21.9. The molecule has 30 heavy (non-hydrogen) atoms. The summed E-state index contributed by atoms with van der Waals surface area (Å²) in [5, 5.41) is 2.85. The number of nitrogens with one attached hydrogen (secondary N) is 1. The summed E-state index contributed by atoms with van der Waals surface area (Å²) in [6, 6.07) is 6.79. The van der Waals surface area contributed by atoms with Gasteiger partial charge in [0.05, 0.1) is 24.8 Å². The maximum absolute atomic E-state index is 12.6. The van der Waals surface area contributed by atoms with Gasteiger partial charge in [0.15, 0.2) is 0 Å². The lowest BCUT2D eigenvalue weighted by Gasteiger charge is -2.36. The molecule has 10 heteroatoms. The van der Waals surface area contributed by atoms with Gasteiger partial charge in [-0.25, -0.2) is 14.8 Å². The standard InChI is InChI=1S/C20H23F3N4O3/c1-19(2,3)30-18(28)27-8-9-29-12-16(27)13-4-6-15(7-5-13)26-17-24-10-14(11-25-17)20(21,22)23/h4-7,10-11,16H,8-9,12H2,1-3H3,(H,24,25,26)/t16-/m1/s1. The van der Waals surface area contributed by atoms with Gasteiger partial charge in [0.25, 0.3) is 0 Å². The monoisotopic (exact) mass is 424 g/mol. The van der Waals surface area contributed by atoms with E-state index in [1.165, 1.54) is 0 Å². The van der Waals surface area contributed by atoms with Gasteiger partial charge in [-0.1, -0.05) is 12.1 Å². The molecule has 1 fully saturated rings. The molecule has 1 aliphatic heterocycles. The molecule has 1 saturated heterocycles. The van der Waals surface area contributed by atoms with E-state index in [2.05, 4.69) is 15.3 Å². The molecule has 1 atom stereocenters. The number of benzene rings is 1. The van der Waals surface area contributed by atoms with Crippen LogP contribution in [0.25, 0.3) is 0 Å². The van der Waals surface area contributed by atoms with Gasteiger partial charge < -0.3 is 14.8 Å². The second-order valence-corrected chi connectivity index (χ2v) is 7.80. The fourth-order valence-corrected chi connectivity index (χ4v) is 2.88. The number of aromatic nitrogens is 2. The summed E-state index contributed by atoms with van der Waals surface area (Å²) in [6.07, 6.45) is -3.44. The molecular weight excluding hydrogens is 401 g/mol. The van der Waals surface area contributed by atoms with Crippen LogP contribution in [0.3, 0.4) is 0 Å². The summed E-state index contributed by atoms with van der Waals surface area (Å²) in [5.74, 6) is 0.0483. The molecule has 1 N–H and O–H groups in total. The number of carbonyl (C=O) groups is 1. The van der Waals surface area contributed by atoms with Crippen molar-refractivity contribution in [1.82, 2.24) is 14.9 Å². The van der Waals surface area contributed by atoms with Crippen LogP contribution in [0.4, 0.5) is 29.6 Å². The van der Waals surface area contributed by atoms with Gasteiger partial charge in [-0.2, -0.15) is 13.2 Å². The summed E-state index contributed by atoms with van der Waals surface area (Å²) in [5.41, 5.74) is -0.0727. The molecule has 1 aromatic heterocycles. The van der Waals surface area contributed by atoms with Crippen molar-refractivity contribution in [3.8, 4) is 0 Å². The van der Waals surface area contributed by atoms with Crippen molar-refractivity contribution in [2.24, 2.45) is 0 Å². The molecule has 162 valence electrons. The minimum atomic E-state index is -4.48. The van der Waals surface area contributed by atoms with Gasteiger partial charge in [-0.3, -0.25) is 4.90 Å². The van der Waals surface area contributed by atoms with Crippen molar-refractivity contribution in [2.45, 2.75) is 38.6 Å². The van der Waals surface area contributed by atoms with Crippen molar-refractivity contribution >= 4 is 17.7 Å². The van der Waals surface area contributed by atoms with Crippen molar-refractivity contribution in [1.29, 1.82) is 0 Å². The van der Waals surface area contributed by atoms with Gasteiger partial charge in [-0.15, -0.1) is 0 Å². The number of ether oxygens (including phenoxy) is 2. The lowest BCUT2D eigenvalue weighted by molar-refractivity contribution is -0.138. The number of amides is 1. The first-order chi connectivity index (χ1) is 14.0. The van der Waals surface area contributed by atoms with E-state index in [9.17, 15) is 18.0 Å². The molecule has 3 rings (SSSR count). The molecule has 2 heterocycles. The van der Waals surface area contributed by atoms with Crippen LogP contribution in [0, 0.1) is 0 Å². The number of hydrogen-bond acceptors (Lipinski definition) is 6. The van der Waals surface area contributed by atoms with Crippen molar-refractivity contribution in [3.05, 3.63) is 47.8 Å². The van der Waals surface area contributed by atoms with Crippen molar-refractivity contribution < 1.29 is 27.4 Å². The van der Waals surface area contributed by atoms with Crippen LogP contribution in [0.1, 0.15) is 37.9 Å². The van der Waals surface area contributed by atoms with E-state index in [0.29, 0.717) is 25.4 Å². The number of nitrogens with zero attached hydrogens (tertiary/aromatic N) is 3. The lowest BCUT2D eigenvalue weighted by atomic mass is 10.0. The van der Waals surface area contributed by atoms with E-state index in [1.807, 2.05) is 32.9 Å². The minimum Gasteiger partial charge on any atom is -0.444 e. The van der Waals surface area contributed by atoms with E-state index in [1.54, 1.807) is 17.0 Å². The summed E-state index contributed by atoms with van der Waals surface area (Å²) in [4.78, 5) is 21.6. The number of morpholine rings is 1. The Morgan fingerprint density at radius 1 is 1.17 bits per heavy atom.